The van der Waals surface area contributed by atoms with Gasteiger partial charge in [0.15, 0.2) is 0 Å². The van der Waals surface area contributed by atoms with E-state index in [0.29, 0.717) is 17.6 Å². The standard InChI is InChI=1S/C23H36O2/c1-17-6-3-9-20(16-17)23(2,18-7-4-10-21(24)14-12-18)19-8-5-11-22(25)15-13-19/h4-5,10,17-21,24-25H,3,6-9,12-16H2,1-2H3. The van der Waals surface area contributed by atoms with Gasteiger partial charge in [0, 0.05) is 6.42 Å². The normalized spacial score (nSPS) is 39.2. The van der Waals surface area contributed by atoms with Crippen molar-refractivity contribution in [1.82, 2.24) is 0 Å². The van der Waals surface area contributed by atoms with Gasteiger partial charge in [-0.15, -0.1) is 0 Å². The van der Waals surface area contributed by atoms with Gasteiger partial charge >= 0.3 is 0 Å². The van der Waals surface area contributed by atoms with Crippen LogP contribution in [0.25, 0.3) is 0 Å². The summed E-state index contributed by atoms with van der Waals surface area (Å²) in [6.07, 6.45) is 17.5. The molecule has 1 saturated carbocycles. The molecule has 6 unspecified atom stereocenters. The summed E-state index contributed by atoms with van der Waals surface area (Å²) < 4.78 is 0. The lowest BCUT2D eigenvalue weighted by atomic mass is 9.53. The van der Waals surface area contributed by atoms with Crippen molar-refractivity contribution >= 4 is 0 Å². The maximum atomic E-state index is 10.1. The van der Waals surface area contributed by atoms with E-state index in [2.05, 4.69) is 31.7 Å². The number of hydrogen-bond donors (Lipinski definition) is 2. The van der Waals surface area contributed by atoms with E-state index in [4.69, 9.17) is 0 Å². The number of allylic oxidation sites excluding steroid dienone is 2. The molecular formula is C23H36O2. The van der Waals surface area contributed by atoms with Crippen LogP contribution < -0.4 is 0 Å². The van der Waals surface area contributed by atoms with Gasteiger partial charge in [0.2, 0.25) is 0 Å². The lowest BCUT2D eigenvalue weighted by Gasteiger charge is -2.51. The highest BCUT2D eigenvalue weighted by atomic mass is 16.3. The molecule has 2 N–H and O–H groups in total. The van der Waals surface area contributed by atoms with Crippen LogP contribution in [-0.2, 0) is 0 Å². The third-order valence-corrected chi connectivity index (χ3v) is 7.57. The van der Waals surface area contributed by atoms with Crippen LogP contribution in [-0.4, -0.2) is 16.3 Å². The van der Waals surface area contributed by atoms with Gasteiger partial charge in [-0.25, -0.2) is 0 Å². The third-order valence-electron chi connectivity index (χ3n) is 7.57. The quantitative estimate of drug-likeness (QED) is 0.492. The summed E-state index contributed by atoms with van der Waals surface area (Å²) in [5, 5.41) is 20.0. The molecule has 3 aliphatic carbocycles. The number of hydrogen-bond acceptors (Lipinski definition) is 2. The van der Waals surface area contributed by atoms with Crippen LogP contribution in [0.4, 0.5) is 0 Å². The van der Waals surface area contributed by atoms with E-state index in [1.807, 2.05) is 6.08 Å². The van der Waals surface area contributed by atoms with E-state index in [0.717, 1.165) is 50.4 Å². The van der Waals surface area contributed by atoms with Gasteiger partial charge in [0.1, 0.15) is 5.76 Å². The molecule has 0 bridgehead atoms. The van der Waals surface area contributed by atoms with Gasteiger partial charge in [-0.3, -0.25) is 0 Å². The van der Waals surface area contributed by atoms with Crippen molar-refractivity contribution in [1.29, 1.82) is 0 Å². The van der Waals surface area contributed by atoms with Crippen molar-refractivity contribution < 1.29 is 10.2 Å². The Labute approximate surface area is 153 Å². The van der Waals surface area contributed by atoms with E-state index in [-0.39, 0.29) is 11.5 Å². The van der Waals surface area contributed by atoms with E-state index in [9.17, 15) is 10.2 Å². The molecule has 0 aromatic rings. The fourth-order valence-electron chi connectivity index (χ4n) is 5.93. The molecule has 6 atom stereocenters. The minimum atomic E-state index is -0.265. The molecule has 3 aliphatic rings. The second-order valence-electron chi connectivity index (χ2n) is 9.11. The van der Waals surface area contributed by atoms with Crippen LogP contribution >= 0.6 is 0 Å². The summed E-state index contributed by atoms with van der Waals surface area (Å²) in [6.45, 7) is 4.97. The van der Waals surface area contributed by atoms with Crippen molar-refractivity contribution in [2.75, 3.05) is 0 Å². The van der Waals surface area contributed by atoms with Crippen LogP contribution in [0.5, 0.6) is 0 Å². The monoisotopic (exact) mass is 344 g/mol. The molecule has 0 heterocycles. The summed E-state index contributed by atoms with van der Waals surface area (Å²) >= 11 is 0. The summed E-state index contributed by atoms with van der Waals surface area (Å²) in [7, 11) is 0. The average Bonchev–Trinajstić information content (AvgIpc) is 2.94. The summed E-state index contributed by atoms with van der Waals surface area (Å²) in [5.41, 5.74) is 3.36. The molecule has 0 amide bonds. The molecule has 0 spiro atoms. The SMILES string of the molecule is CC1CCCC(C(C)(C2CC=C=C(O)CC2)C2CC=CC(O)CC2)C1. The van der Waals surface area contributed by atoms with Crippen molar-refractivity contribution in [2.24, 2.45) is 29.1 Å². The predicted octanol–water partition coefficient (Wildman–Crippen LogP) is 5.93. The van der Waals surface area contributed by atoms with Gasteiger partial charge in [-0.1, -0.05) is 44.6 Å². The fraction of sp³-hybridized carbons (Fsp3) is 0.783. The highest BCUT2D eigenvalue weighted by molar-refractivity contribution is 5.06. The van der Waals surface area contributed by atoms with Crippen LogP contribution in [0.1, 0.15) is 78.1 Å². The minimum absolute atomic E-state index is 0.265. The second kappa shape index (κ2) is 8.14. The molecular weight excluding hydrogens is 308 g/mol. The lowest BCUT2D eigenvalue weighted by Crippen LogP contribution is -2.44. The fourth-order valence-corrected chi connectivity index (χ4v) is 5.93. The third kappa shape index (κ3) is 4.23. The molecule has 0 aliphatic heterocycles. The number of aliphatic hydroxyl groups excluding tert-OH is 2. The van der Waals surface area contributed by atoms with E-state index in [1.165, 1.54) is 25.7 Å². The minimum Gasteiger partial charge on any atom is -0.505 e. The summed E-state index contributed by atoms with van der Waals surface area (Å²) in [5.74, 6) is 3.27. The van der Waals surface area contributed by atoms with Crippen molar-refractivity contribution in [3.8, 4) is 0 Å². The zero-order chi connectivity index (χ0) is 17.9. The smallest absolute Gasteiger partial charge is 0.134 e. The molecule has 0 aromatic heterocycles. The first-order valence-electron chi connectivity index (χ1n) is 10.5. The van der Waals surface area contributed by atoms with E-state index < -0.39 is 0 Å². The van der Waals surface area contributed by atoms with Gasteiger partial charge in [0.05, 0.1) is 6.10 Å². The van der Waals surface area contributed by atoms with Gasteiger partial charge in [-0.2, -0.15) is 0 Å². The number of aliphatic hydroxyl groups is 2. The zero-order valence-corrected chi connectivity index (χ0v) is 16.1. The van der Waals surface area contributed by atoms with Gasteiger partial charge in [-0.05, 0) is 80.1 Å². The van der Waals surface area contributed by atoms with Crippen molar-refractivity contribution in [3.05, 3.63) is 29.7 Å². The largest absolute Gasteiger partial charge is 0.505 e. The Kier molecular flexibility index (Phi) is 6.12. The Morgan fingerprint density at radius 1 is 1.04 bits per heavy atom. The van der Waals surface area contributed by atoms with Crippen LogP contribution in [0, 0.1) is 29.1 Å². The Hall–Kier alpha value is -0.980. The zero-order valence-electron chi connectivity index (χ0n) is 16.1. The Bertz CT molecular complexity index is 538. The lowest BCUT2D eigenvalue weighted by molar-refractivity contribution is -0.0184. The molecule has 140 valence electrons. The van der Waals surface area contributed by atoms with Crippen molar-refractivity contribution in [2.45, 2.75) is 84.2 Å². The number of rotatable bonds is 3. The molecule has 0 aromatic carbocycles. The summed E-state index contributed by atoms with van der Waals surface area (Å²) in [4.78, 5) is 0. The first-order valence-corrected chi connectivity index (χ1v) is 10.5. The maximum absolute atomic E-state index is 10.1. The summed E-state index contributed by atoms with van der Waals surface area (Å²) in [6, 6.07) is 0. The second-order valence-corrected chi connectivity index (χ2v) is 9.11. The highest BCUT2D eigenvalue weighted by Crippen LogP contribution is 2.55. The maximum Gasteiger partial charge on any atom is 0.134 e. The van der Waals surface area contributed by atoms with Crippen LogP contribution in [0.2, 0.25) is 0 Å². The molecule has 25 heavy (non-hydrogen) atoms. The molecule has 2 heteroatoms. The first-order chi connectivity index (χ1) is 12.0. The molecule has 2 nitrogen and oxygen atoms in total. The average molecular weight is 345 g/mol. The molecule has 3 rings (SSSR count). The van der Waals surface area contributed by atoms with E-state index >= 15 is 0 Å². The molecule has 1 fully saturated rings. The first kappa shape index (κ1) is 18.8. The Balaban J connectivity index is 1.87. The van der Waals surface area contributed by atoms with Crippen molar-refractivity contribution in [3.63, 3.8) is 0 Å². The topological polar surface area (TPSA) is 40.5 Å². The van der Waals surface area contributed by atoms with E-state index in [1.54, 1.807) is 0 Å². The van der Waals surface area contributed by atoms with Crippen LogP contribution in [0.15, 0.2) is 29.7 Å². The Morgan fingerprint density at radius 3 is 2.64 bits per heavy atom. The highest BCUT2D eigenvalue weighted by Gasteiger charge is 2.47. The van der Waals surface area contributed by atoms with Gasteiger partial charge < -0.3 is 10.2 Å². The molecule has 0 radical (unpaired) electrons. The van der Waals surface area contributed by atoms with Gasteiger partial charge in [0.25, 0.3) is 0 Å². The Morgan fingerprint density at radius 2 is 1.84 bits per heavy atom. The molecule has 0 saturated heterocycles. The predicted molar refractivity (Wildman–Crippen MR) is 103 cm³/mol. The van der Waals surface area contributed by atoms with Crippen LogP contribution in [0.3, 0.4) is 0 Å².